The van der Waals surface area contributed by atoms with Gasteiger partial charge in [0.15, 0.2) is 11.5 Å². The summed E-state index contributed by atoms with van der Waals surface area (Å²) in [6.07, 6.45) is 1.23. The van der Waals surface area contributed by atoms with Crippen LogP contribution in [0.1, 0.15) is 12.5 Å². The lowest BCUT2D eigenvalue weighted by Crippen LogP contribution is -2.08. The van der Waals surface area contributed by atoms with Gasteiger partial charge in [-0.3, -0.25) is 19.9 Å². The van der Waals surface area contributed by atoms with Gasteiger partial charge in [-0.1, -0.05) is 0 Å². The molecule has 1 rings (SSSR count). The summed E-state index contributed by atoms with van der Waals surface area (Å²) < 4.78 is 14.8. The molecule has 0 atom stereocenters. The molecule has 114 valence electrons. The van der Waals surface area contributed by atoms with E-state index in [0.29, 0.717) is 5.75 Å². The summed E-state index contributed by atoms with van der Waals surface area (Å²) in [5.74, 6) is 0.0734. The second-order valence-corrected chi connectivity index (χ2v) is 3.80. The van der Waals surface area contributed by atoms with E-state index in [2.05, 4.69) is 4.99 Å². The molecule has 0 amide bonds. The van der Waals surface area contributed by atoms with E-state index in [1.165, 1.54) is 32.6 Å². The monoisotopic (exact) mass is 296 g/mol. The minimum Gasteiger partial charge on any atom is -0.493 e. The van der Waals surface area contributed by atoms with Gasteiger partial charge in [-0.2, -0.15) is 0 Å². The molecule has 0 bridgehead atoms. The van der Waals surface area contributed by atoms with Crippen molar-refractivity contribution < 1.29 is 23.9 Å². The van der Waals surface area contributed by atoms with Gasteiger partial charge >= 0.3 is 5.97 Å². The summed E-state index contributed by atoms with van der Waals surface area (Å²) in [6, 6.07) is 2.66. The second-order valence-electron chi connectivity index (χ2n) is 3.80. The van der Waals surface area contributed by atoms with Gasteiger partial charge in [-0.25, -0.2) is 0 Å². The van der Waals surface area contributed by atoms with Crippen LogP contribution in [-0.4, -0.2) is 44.5 Å². The van der Waals surface area contributed by atoms with Gasteiger partial charge in [0.25, 0.3) is 5.69 Å². The van der Waals surface area contributed by atoms with E-state index in [9.17, 15) is 14.9 Å². The molecule has 0 saturated heterocycles. The number of hydrogen-bond acceptors (Lipinski definition) is 7. The molecule has 21 heavy (non-hydrogen) atoms. The lowest BCUT2D eigenvalue weighted by molar-refractivity contribution is -0.385. The highest BCUT2D eigenvalue weighted by Gasteiger charge is 2.18. The SMILES string of the molecule is CCOC(=O)CN=Cc1cc(OC)c(OC)cc1[N+](=O)[O-]. The molecule has 0 aliphatic rings. The van der Waals surface area contributed by atoms with Crippen LogP contribution in [0.5, 0.6) is 11.5 Å². The predicted octanol–water partition coefficient (Wildman–Crippen LogP) is 1.59. The Bertz CT molecular complexity index is 556. The molecule has 0 heterocycles. The van der Waals surface area contributed by atoms with Crippen LogP contribution < -0.4 is 9.47 Å². The molecule has 8 nitrogen and oxygen atoms in total. The third-order valence-electron chi connectivity index (χ3n) is 2.49. The molecule has 0 fully saturated rings. The smallest absolute Gasteiger partial charge is 0.327 e. The quantitative estimate of drug-likeness (QED) is 0.328. The number of nitrogens with zero attached hydrogens (tertiary/aromatic N) is 2. The van der Waals surface area contributed by atoms with Crippen molar-refractivity contribution in [2.75, 3.05) is 27.4 Å². The summed E-state index contributed by atoms with van der Waals surface area (Å²) in [7, 11) is 2.80. The van der Waals surface area contributed by atoms with Crippen molar-refractivity contribution in [1.29, 1.82) is 0 Å². The van der Waals surface area contributed by atoms with Crippen molar-refractivity contribution in [3.05, 3.63) is 27.8 Å². The Morgan fingerprint density at radius 1 is 1.33 bits per heavy atom. The van der Waals surface area contributed by atoms with Crippen molar-refractivity contribution in [2.24, 2.45) is 4.99 Å². The summed E-state index contributed by atoms with van der Waals surface area (Å²) in [5, 5.41) is 11.0. The molecule has 1 aromatic carbocycles. The van der Waals surface area contributed by atoms with E-state index in [1.54, 1.807) is 6.92 Å². The van der Waals surface area contributed by atoms with Gasteiger partial charge in [-0.05, 0) is 13.0 Å². The zero-order valence-electron chi connectivity index (χ0n) is 12.0. The maximum atomic E-state index is 11.2. The number of nitro benzene ring substituents is 1. The third-order valence-corrected chi connectivity index (χ3v) is 2.49. The van der Waals surface area contributed by atoms with Crippen molar-refractivity contribution >= 4 is 17.9 Å². The molecule has 0 aliphatic heterocycles. The Morgan fingerprint density at radius 2 is 1.95 bits per heavy atom. The largest absolute Gasteiger partial charge is 0.493 e. The Labute approximate surface area is 121 Å². The zero-order chi connectivity index (χ0) is 15.8. The summed E-state index contributed by atoms with van der Waals surface area (Å²) >= 11 is 0. The molecule has 0 radical (unpaired) electrons. The normalized spacial score (nSPS) is 10.4. The Morgan fingerprint density at radius 3 is 2.48 bits per heavy atom. The fraction of sp³-hybridized carbons (Fsp3) is 0.385. The van der Waals surface area contributed by atoms with E-state index < -0.39 is 10.9 Å². The second kappa shape index (κ2) is 7.83. The third kappa shape index (κ3) is 4.44. The van der Waals surface area contributed by atoms with Crippen LogP contribution in [0.2, 0.25) is 0 Å². The predicted molar refractivity (Wildman–Crippen MR) is 75.3 cm³/mol. The zero-order valence-corrected chi connectivity index (χ0v) is 12.0. The number of carbonyl (C=O) groups excluding carboxylic acids is 1. The first kappa shape index (κ1) is 16.4. The van der Waals surface area contributed by atoms with Crippen molar-refractivity contribution in [1.82, 2.24) is 0 Å². The maximum Gasteiger partial charge on any atom is 0.327 e. The maximum absolute atomic E-state index is 11.2. The van der Waals surface area contributed by atoms with E-state index >= 15 is 0 Å². The van der Waals surface area contributed by atoms with Gasteiger partial charge in [0, 0.05) is 6.21 Å². The summed E-state index contributed by atoms with van der Waals surface area (Å²) in [6.45, 7) is 1.73. The average molecular weight is 296 g/mol. The van der Waals surface area contributed by atoms with Crippen molar-refractivity contribution in [2.45, 2.75) is 6.92 Å². The summed E-state index contributed by atoms with van der Waals surface area (Å²) in [4.78, 5) is 25.5. The highest BCUT2D eigenvalue weighted by Crippen LogP contribution is 2.33. The van der Waals surface area contributed by atoms with E-state index in [1.807, 2.05) is 0 Å². The fourth-order valence-corrected chi connectivity index (χ4v) is 1.57. The van der Waals surface area contributed by atoms with Crippen LogP contribution >= 0.6 is 0 Å². The van der Waals surface area contributed by atoms with Gasteiger partial charge in [0.2, 0.25) is 0 Å². The van der Waals surface area contributed by atoms with Gasteiger partial charge in [-0.15, -0.1) is 0 Å². The standard InChI is InChI=1S/C13H16N2O6/c1-4-21-13(16)8-14-7-9-5-11(19-2)12(20-3)6-10(9)15(17)18/h5-7H,4,8H2,1-3H3. The number of rotatable bonds is 7. The van der Waals surface area contributed by atoms with E-state index in [4.69, 9.17) is 14.2 Å². The van der Waals surface area contributed by atoms with Crippen LogP contribution in [0.25, 0.3) is 0 Å². The lowest BCUT2D eigenvalue weighted by atomic mass is 10.1. The van der Waals surface area contributed by atoms with Crippen LogP contribution in [0, 0.1) is 10.1 Å². The number of esters is 1. The van der Waals surface area contributed by atoms with Crippen LogP contribution in [0.15, 0.2) is 17.1 Å². The molecule has 0 aromatic heterocycles. The first-order valence-electron chi connectivity index (χ1n) is 6.09. The first-order chi connectivity index (χ1) is 10.0. The van der Waals surface area contributed by atoms with Crippen molar-refractivity contribution in [3.63, 3.8) is 0 Å². The number of carbonyl (C=O) groups is 1. The Kier molecular flexibility index (Phi) is 6.12. The topological polar surface area (TPSA) is 100 Å². The fourth-order valence-electron chi connectivity index (χ4n) is 1.57. The van der Waals surface area contributed by atoms with Crippen LogP contribution in [0.4, 0.5) is 5.69 Å². The van der Waals surface area contributed by atoms with Gasteiger partial charge < -0.3 is 14.2 Å². The van der Waals surface area contributed by atoms with E-state index in [0.717, 1.165) is 0 Å². The van der Waals surface area contributed by atoms with Crippen LogP contribution in [0.3, 0.4) is 0 Å². The van der Waals surface area contributed by atoms with Gasteiger partial charge in [0.1, 0.15) is 6.54 Å². The first-order valence-corrected chi connectivity index (χ1v) is 6.09. The molecular weight excluding hydrogens is 280 g/mol. The highest BCUT2D eigenvalue weighted by atomic mass is 16.6. The number of nitro groups is 1. The molecular formula is C13H16N2O6. The number of ether oxygens (including phenoxy) is 3. The number of benzene rings is 1. The lowest BCUT2D eigenvalue weighted by Gasteiger charge is -2.08. The van der Waals surface area contributed by atoms with Crippen LogP contribution in [-0.2, 0) is 9.53 Å². The number of hydrogen-bond donors (Lipinski definition) is 0. The molecule has 0 unspecified atom stereocenters. The summed E-state index contributed by atoms with van der Waals surface area (Å²) in [5.41, 5.74) is 0.0159. The van der Waals surface area contributed by atoms with Crippen molar-refractivity contribution in [3.8, 4) is 11.5 Å². The van der Waals surface area contributed by atoms with E-state index in [-0.39, 0.29) is 30.2 Å². The molecule has 0 aliphatic carbocycles. The highest BCUT2D eigenvalue weighted by molar-refractivity contribution is 5.88. The van der Waals surface area contributed by atoms with Gasteiger partial charge in [0.05, 0.1) is 37.4 Å². The number of methoxy groups -OCH3 is 2. The Balaban J connectivity index is 3.06. The molecule has 8 heteroatoms. The Hall–Kier alpha value is -2.64. The number of aliphatic imine (C=N–C) groups is 1. The minimum atomic E-state index is -0.562. The molecule has 0 N–H and O–H groups in total. The molecule has 1 aromatic rings. The minimum absolute atomic E-state index is 0.194. The molecule has 0 saturated carbocycles. The average Bonchev–Trinajstić information content (AvgIpc) is 2.46. The molecule has 0 spiro atoms.